The van der Waals surface area contributed by atoms with Gasteiger partial charge in [0.2, 0.25) is 5.91 Å². The molecule has 1 N–H and O–H groups in total. The predicted molar refractivity (Wildman–Crippen MR) is 87.1 cm³/mol. The fraction of sp³-hybridized carbons (Fsp3) is 0.412. The Bertz CT molecular complexity index is 639. The van der Waals surface area contributed by atoms with E-state index in [2.05, 4.69) is 5.32 Å². The van der Waals surface area contributed by atoms with Gasteiger partial charge < -0.3 is 19.7 Å². The first-order valence-corrected chi connectivity index (χ1v) is 7.85. The van der Waals surface area contributed by atoms with Gasteiger partial charge in [-0.3, -0.25) is 14.4 Å². The number of benzene rings is 1. The highest BCUT2D eigenvalue weighted by Gasteiger charge is 2.24. The van der Waals surface area contributed by atoms with Gasteiger partial charge in [-0.1, -0.05) is 0 Å². The van der Waals surface area contributed by atoms with Crippen LogP contribution >= 0.6 is 0 Å². The van der Waals surface area contributed by atoms with Crippen molar-refractivity contribution in [3.8, 4) is 5.75 Å². The Labute approximate surface area is 145 Å². The van der Waals surface area contributed by atoms with Crippen molar-refractivity contribution < 1.29 is 28.7 Å². The van der Waals surface area contributed by atoms with Crippen LogP contribution in [0.2, 0.25) is 0 Å². The topological polar surface area (TPSA) is 102 Å². The van der Waals surface area contributed by atoms with Gasteiger partial charge in [-0.15, -0.1) is 0 Å². The van der Waals surface area contributed by atoms with Gasteiger partial charge >= 0.3 is 5.97 Å². The third-order valence-electron chi connectivity index (χ3n) is 3.48. The number of nitrogens with zero attached hydrogens (tertiary/aromatic N) is 1. The van der Waals surface area contributed by atoms with E-state index in [9.17, 15) is 19.2 Å². The summed E-state index contributed by atoms with van der Waals surface area (Å²) in [4.78, 5) is 46.7. The predicted octanol–water partition coefficient (Wildman–Crippen LogP) is 0.158. The molecule has 0 unspecified atom stereocenters. The number of ether oxygens (including phenoxy) is 2. The first-order chi connectivity index (χ1) is 12.0. The number of hydrogen-bond donors (Lipinski definition) is 1. The maximum absolute atomic E-state index is 11.8. The smallest absolute Gasteiger partial charge is 0.344 e. The van der Waals surface area contributed by atoms with Gasteiger partial charge in [0.25, 0.3) is 5.91 Å². The molecule has 1 aliphatic carbocycles. The molecular formula is C17H20N2O6. The van der Waals surface area contributed by atoms with Crippen molar-refractivity contribution in [2.75, 3.05) is 26.8 Å². The molecule has 0 aliphatic heterocycles. The molecule has 0 atom stereocenters. The summed E-state index contributed by atoms with van der Waals surface area (Å²) in [6.45, 7) is -0.897. The summed E-state index contributed by atoms with van der Waals surface area (Å²) in [5.41, 5.74) is 0.495. The first kappa shape index (κ1) is 18.4. The maximum Gasteiger partial charge on any atom is 0.344 e. The zero-order valence-electron chi connectivity index (χ0n) is 13.9. The summed E-state index contributed by atoms with van der Waals surface area (Å²) in [5, 5.41) is 2.77. The number of likely N-dealkylation sites (N-methyl/N-ethyl adjacent to an activating group) is 1. The Morgan fingerprint density at radius 2 is 1.88 bits per heavy atom. The van der Waals surface area contributed by atoms with Crippen LogP contribution in [0.15, 0.2) is 24.3 Å². The van der Waals surface area contributed by atoms with E-state index in [1.807, 2.05) is 0 Å². The van der Waals surface area contributed by atoms with Crippen LogP contribution < -0.4 is 10.1 Å². The van der Waals surface area contributed by atoms with Crippen molar-refractivity contribution in [1.29, 1.82) is 0 Å². The average Bonchev–Trinajstić information content (AvgIpc) is 3.41. The fourth-order valence-corrected chi connectivity index (χ4v) is 1.88. The van der Waals surface area contributed by atoms with Crippen LogP contribution in [0.1, 0.15) is 23.2 Å². The minimum Gasteiger partial charge on any atom is -0.482 e. The monoisotopic (exact) mass is 348 g/mol. The number of hydrogen-bond acceptors (Lipinski definition) is 6. The van der Waals surface area contributed by atoms with E-state index in [4.69, 9.17) is 9.47 Å². The molecule has 2 rings (SSSR count). The Kier molecular flexibility index (Phi) is 6.50. The summed E-state index contributed by atoms with van der Waals surface area (Å²) < 4.78 is 10.0. The number of amides is 2. The van der Waals surface area contributed by atoms with Crippen molar-refractivity contribution in [3.63, 3.8) is 0 Å². The highest BCUT2D eigenvalue weighted by atomic mass is 16.6. The van der Waals surface area contributed by atoms with E-state index in [0.29, 0.717) is 17.6 Å². The van der Waals surface area contributed by atoms with E-state index in [-0.39, 0.29) is 25.1 Å². The van der Waals surface area contributed by atoms with Crippen LogP contribution in [-0.4, -0.2) is 61.8 Å². The molecule has 1 saturated carbocycles. The van der Waals surface area contributed by atoms with Gasteiger partial charge in [0.05, 0.1) is 6.54 Å². The lowest BCUT2D eigenvalue weighted by Gasteiger charge is -2.16. The van der Waals surface area contributed by atoms with Crippen molar-refractivity contribution in [2.45, 2.75) is 18.9 Å². The average molecular weight is 348 g/mol. The molecule has 134 valence electrons. The molecule has 1 aliphatic rings. The minimum absolute atomic E-state index is 0.0769. The lowest BCUT2D eigenvalue weighted by atomic mass is 10.2. The first-order valence-electron chi connectivity index (χ1n) is 7.85. The zero-order valence-corrected chi connectivity index (χ0v) is 13.9. The third-order valence-corrected chi connectivity index (χ3v) is 3.48. The maximum atomic E-state index is 11.8. The van der Waals surface area contributed by atoms with Crippen molar-refractivity contribution in [3.05, 3.63) is 29.8 Å². The Morgan fingerprint density at radius 3 is 2.48 bits per heavy atom. The van der Waals surface area contributed by atoms with Crippen molar-refractivity contribution in [1.82, 2.24) is 10.2 Å². The largest absolute Gasteiger partial charge is 0.482 e. The molecule has 0 radical (unpaired) electrons. The van der Waals surface area contributed by atoms with Crippen molar-refractivity contribution in [2.24, 2.45) is 0 Å². The second-order valence-electron chi connectivity index (χ2n) is 5.73. The molecule has 8 heteroatoms. The second kappa shape index (κ2) is 8.81. The number of esters is 1. The highest BCUT2D eigenvalue weighted by Crippen LogP contribution is 2.18. The number of carbonyl (C=O) groups is 4. The zero-order chi connectivity index (χ0) is 18.2. The van der Waals surface area contributed by atoms with Crippen molar-refractivity contribution >= 4 is 24.1 Å². The Balaban J connectivity index is 1.64. The molecule has 1 fully saturated rings. The molecular weight excluding hydrogens is 328 g/mol. The molecule has 2 amide bonds. The second-order valence-corrected chi connectivity index (χ2v) is 5.73. The molecule has 0 saturated heterocycles. The summed E-state index contributed by atoms with van der Waals surface area (Å²) in [6, 6.07) is 6.44. The summed E-state index contributed by atoms with van der Waals surface area (Å²) >= 11 is 0. The van der Waals surface area contributed by atoms with Crippen LogP contribution in [0.25, 0.3) is 0 Å². The van der Waals surface area contributed by atoms with E-state index in [0.717, 1.165) is 12.8 Å². The third kappa shape index (κ3) is 6.62. The van der Waals surface area contributed by atoms with Gasteiger partial charge in [-0.05, 0) is 37.1 Å². The summed E-state index contributed by atoms with van der Waals surface area (Å²) in [7, 11) is 1.47. The van der Waals surface area contributed by atoms with Crippen LogP contribution in [0.3, 0.4) is 0 Å². The van der Waals surface area contributed by atoms with E-state index in [1.54, 1.807) is 24.3 Å². The number of carbonyl (C=O) groups excluding carboxylic acids is 4. The molecule has 1 aromatic carbocycles. The Morgan fingerprint density at radius 1 is 1.20 bits per heavy atom. The van der Waals surface area contributed by atoms with Crippen LogP contribution in [0.5, 0.6) is 5.75 Å². The summed E-state index contributed by atoms with van der Waals surface area (Å²) in [5.74, 6) is -1.01. The van der Waals surface area contributed by atoms with Gasteiger partial charge in [0.1, 0.15) is 12.0 Å². The number of rotatable bonds is 9. The molecule has 1 aromatic rings. The Hall–Kier alpha value is -2.90. The molecule has 0 spiro atoms. The van der Waals surface area contributed by atoms with Gasteiger partial charge in [-0.25, -0.2) is 4.79 Å². The standard InChI is InChI=1S/C17H20N2O6/c1-19(8-15(21)18-13-4-5-13)16(22)10-25-17(23)11-24-14-6-2-12(9-20)3-7-14/h2-3,6-7,9,13H,4-5,8,10-11H2,1H3,(H,18,21). The van der Waals surface area contributed by atoms with Gasteiger partial charge in [-0.2, -0.15) is 0 Å². The SMILES string of the molecule is CN(CC(=O)NC1CC1)C(=O)COC(=O)COc1ccc(C=O)cc1. The normalized spacial score (nSPS) is 12.8. The quantitative estimate of drug-likeness (QED) is 0.504. The van der Waals surface area contributed by atoms with E-state index in [1.165, 1.54) is 11.9 Å². The molecule has 0 heterocycles. The minimum atomic E-state index is -0.705. The lowest BCUT2D eigenvalue weighted by molar-refractivity contribution is -0.153. The number of aldehydes is 1. The lowest BCUT2D eigenvalue weighted by Crippen LogP contribution is -2.40. The molecule has 0 aromatic heterocycles. The van der Waals surface area contributed by atoms with Gasteiger partial charge in [0.15, 0.2) is 13.2 Å². The summed E-state index contributed by atoms with van der Waals surface area (Å²) in [6.07, 6.45) is 2.64. The van der Waals surface area contributed by atoms with E-state index < -0.39 is 18.5 Å². The molecule has 25 heavy (non-hydrogen) atoms. The fourth-order valence-electron chi connectivity index (χ4n) is 1.88. The van der Waals surface area contributed by atoms with Gasteiger partial charge in [0, 0.05) is 18.7 Å². The van der Waals surface area contributed by atoms with Crippen LogP contribution in [0.4, 0.5) is 0 Å². The van der Waals surface area contributed by atoms with Crippen LogP contribution in [0, 0.1) is 0 Å². The highest BCUT2D eigenvalue weighted by molar-refractivity contribution is 5.86. The van der Waals surface area contributed by atoms with E-state index >= 15 is 0 Å². The molecule has 8 nitrogen and oxygen atoms in total. The molecule has 0 bridgehead atoms. The van der Waals surface area contributed by atoms with Crippen LogP contribution in [-0.2, 0) is 19.1 Å². The number of nitrogens with one attached hydrogen (secondary N) is 1.